The second-order valence-electron chi connectivity index (χ2n) is 5.42. The summed E-state index contributed by atoms with van der Waals surface area (Å²) in [7, 11) is 1.66. The number of hydrogen-bond acceptors (Lipinski definition) is 3. The first-order chi connectivity index (χ1) is 7.98. The van der Waals surface area contributed by atoms with Gasteiger partial charge >= 0.3 is 0 Å². The minimum absolute atomic E-state index is 0.168. The average molecular weight is 242 g/mol. The van der Waals surface area contributed by atoms with Gasteiger partial charge in [-0.1, -0.05) is 12.8 Å². The molecule has 0 aromatic heterocycles. The van der Waals surface area contributed by atoms with E-state index >= 15 is 0 Å². The third kappa shape index (κ3) is 4.28. The van der Waals surface area contributed by atoms with E-state index in [4.69, 9.17) is 10.5 Å². The van der Waals surface area contributed by atoms with E-state index in [1.54, 1.807) is 7.11 Å². The molecule has 0 heterocycles. The van der Waals surface area contributed by atoms with Gasteiger partial charge in [0.1, 0.15) is 0 Å². The van der Waals surface area contributed by atoms with Crippen molar-refractivity contribution in [3.8, 4) is 0 Å². The zero-order valence-corrected chi connectivity index (χ0v) is 11.4. The molecule has 1 aliphatic carbocycles. The predicted molar refractivity (Wildman–Crippen MR) is 68.7 cm³/mol. The Bertz CT molecular complexity index is 248. The third-order valence-electron chi connectivity index (χ3n) is 3.58. The summed E-state index contributed by atoms with van der Waals surface area (Å²) in [5.74, 6) is 0.168. The highest BCUT2D eigenvalue weighted by Crippen LogP contribution is 2.30. The fourth-order valence-corrected chi connectivity index (χ4v) is 2.52. The van der Waals surface area contributed by atoms with Crippen molar-refractivity contribution >= 4 is 5.91 Å². The Morgan fingerprint density at radius 3 is 2.47 bits per heavy atom. The summed E-state index contributed by atoms with van der Waals surface area (Å²) in [6.07, 6.45) is 4.76. The lowest BCUT2D eigenvalue weighted by Gasteiger charge is -2.31. The van der Waals surface area contributed by atoms with Crippen LogP contribution < -0.4 is 5.73 Å². The van der Waals surface area contributed by atoms with Crippen LogP contribution in [0, 0.1) is 0 Å². The van der Waals surface area contributed by atoms with Gasteiger partial charge in [0.15, 0.2) is 0 Å². The van der Waals surface area contributed by atoms with Crippen LogP contribution in [0.2, 0.25) is 0 Å². The molecule has 0 aromatic rings. The Balaban J connectivity index is 2.52. The molecule has 0 unspecified atom stereocenters. The van der Waals surface area contributed by atoms with Crippen LogP contribution in [0.25, 0.3) is 0 Å². The Labute approximate surface area is 104 Å². The molecule has 1 rings (SSSR count). The van der Waals surface area contributed by atoms with Crippen LogP contribution >= 0.6 is 0 Å². The number of amides is 1. The number of hydrogen-bond donors (Lipinski definition) is 1. The molecule has 100 valence electrons. The second kappa shape index (κ2) is 6.36. The first kappa shape index (κ1) is 14.5. The molecule has 0 aliphatic heterocycles. The average Bonchev–Trinajstić information content (AvgIpc) is 2.64. The fraction of sp³-hybridized carbons (Fsp3) is 0.923. The van der Waals surface area contributed by atoms with Crippen LogP contribution in [0.1, 0.15) is 46.0 Å². The van der Waals surface area contributed by atoms with Crippen LogP contribution in [0.15, 0.2) is 0 Å². The van der Waals surface area contributed by atoms with Crippen molar-refractivity contribution in [2.75, 3.05) is 20.3 Å². The maximum absolute atomic E-state index is 12.2. The van der Waals surface area contributed by atoms with Crippen LogP contribution in [0.5, 0.6) is 0 Å². The van der Waals surface area contributed by atoms with E-state index in [0.29, 0.717) is 19.6 Å². The van der Waals surface area contributed by atoms with E-state index in [-0.39, 0.29) is 17.5 Å². The van der Waals surface area contributed by atoms with E-state index in [0.717, 1.165) is 25.7 Å². The van der Waals surface area contributed by atoms with Crippen LogP contribution in [-0.2, 0) is 9.53 Å². The lowest BCUT2D eigenvalue weighted by molar-refractivity contribution is -0.134. The first-order valence-electron chi connectivity index (χ1n) is 6.56. The third-order valence-corrected chi connectivity index (χ3v) is 3.58. The summed E-state index contributed by atoms with van der Waals surface area (Å²) in [5, 5.41) is 0. The first-order valence-corrected chi connectivity index (χ1v) is 6.56. The molecule has 0 bridgehead atoms. The molecule has 17 heavy (non-hydrogen) atoms. The van der Waals surface area contributed by atoms with E-state index < -0.39 is 0 Å². The largest absolute Gasteiger partial charge is 0.383 e. The van der Waals surface area contributed by atoms with E-state index in [9.17, 15) is 4.79 Å². The number of carbonyl (C=O) groups excluding carboxylic acids is 1. The lowest BCUT2D eigenvalue weighted by atomic mass is 9.94. The molecule has 4 heteroatoms. The molecule has 0 radical (unpaired) electrons. The highest BCUT2D eigenvalue weighted by atomic mass is 16.5. The number of ether oxygens (including phenoxy) is 1. The second-order valence-corrected chi connectivity index (χ2v) is 5.42. The lowest BCUT2D eigenvalue weighted by Crippen LogP contribution is -2.46. The Morgan fingerprint density at radius 1 is 1.41 bits per heavy atom. The standard InChI is InChI=1S/C13H26N2O2/c1-11(2)15(8-9-17-3)12(16)10-13(14)6-4-5-7-13/h11H,4-10,14H2,1-3H3. The molecular weight excluding hydrogens is 216 g/mol. The zero-order chi connectivity index (χ0) is 12.9. The normalized spacial score (nSPS) is 18.6. The van der Waals surface area contributed by atoms with E-state index in [1.165, 1.54) is 0 Å². The van der Waals surface area contributed by atoms with Gasteiger partial charge in [0.05, 0.1) is 6.61 Å². The smallest absolute Gasteiger partial charge is 0.224 e. The molecular formula is C13H26N2O2. The molecule has 0 saturated heterocycles. The molecule has 4 nitrogen and oxygen atoms in total. The topological polar surface area (TPSA) is 55.6 Å². The van der Waals surface area contributed by atoms with Gasteiger partial charge in [-0.05, 0) is 26.7 Å². The number of rotatable bonds is 6. The number of carbonyl (C=O) groups is 1. The summed E-state index contributed by atoms with van der Waals surface area (Å²) < 4.78 is 5.04. The monoisotopic (exact) mass is 242 g/mol. The molecule has 1 fully saturated rings. The number of nitrogens with two attached hydrogens (primary N) is 1. The van der Waals surface area contributed by atoms with Crippen molar-refractivity contribution in [1.82, 2.24) is 4.90 Å². The van der Waals surface area contributed by atoms with Crippen LogP contribution in [0.4, 0.5) is 0 Å². The highest BCUT2D eigenvalue weighted by molar-refractivity contribution is 5.77. The molecule has 0 atom stereocenters. The summed E-state index contributed by atoms with van der Waals surface area (Å²) in [5.41, 5.74) is 6.00. The van der Waals surface area contributed by atoms with Crippen molar-refractivity contribution < 1.29 is 9.53 Å². The zero-order valence-electron chi connectivity index (χ0n) is 11.4. The Morgan fingerprint density at radius 2 is 2.00 bits per heavy atom. The van der Waals surface area contributed by atoms with Crippen molar-refractivity contribution in [3.05, 3.63) is 0 Å². The summed E-state index contributed by atoms with van der Waals surface area (Å²) >= 11 is 0. The van der Waals surface area contributed by atoms with Gasteiger partial charge in [0.2, 0.25) is 5.91 Å². The van der Waals surface area contributed by atoms with E-state index in [1.807, 2.05) is 18.7 Å². The van der Waals surface area contributed by atoms with Crippen LogP contribution in [-0.4, -0.2) is 42.6 Å². The SMILES string of the molecule is COCCN(C(=O)CC1(N)CCCC1)C(C)C. The number of methoxy groups -OCH3 is 1. The van der Waals surface area contributed by atoms with Gasteiger partial charge in [-0.2, -0.15) is 0 Å². The van der Waals surface area contributed by atoms with E-state index in [2.05, 4.69) is 0 Å². The molecule has 2 N–H and O–H groups in total. The summed E-state index contributed by atoms with van der Waals surface area (Å²) in [6, 6.07) is 0.211. The van der Waals surface area contributed by atoms with Gasteiger partial charge in [-0.15, -0.1) is 0 Å². The maximum atomic E-state index is 12.2. The summed E-state index contributed by atoms with van der Waals surface area (Å²) in [6.45, 7) is 5.31. The minimum atomic E-state index is -0.253. The maximum Gasteiger partial charge on any atom is 0.224 e. The highest BCUT2D eigenvalue weighted by Gasteiger charge is 2.33. The number of nitrogens with zero attached hydrogens (tertiary/aromatic N) is 1. The molecule has 1 amide bonds. The Hall–Kier alpha value is -0.610. The van der Waals surface area contributed by atoms with Crippen LogP contribution in [0.3, 0.4) is 0 Å². The fourth-order valence-electron chi connectivity index (χ4n) is 2.52. The van der Waals surface area contributed by atoms with Crippen molar-refractivity contribution in [1.29, 1.82) is 0 Å². The molecule has 0 spiro atoms. The van der Waals surface area contributed by atoms with Gasteiger partial charge in [0.25, 0.3) is 0 Å². The van der Waals surface area contributed by atoms with Gasteiger partial charge in [-0.3, -0.25) is 4.79 Å². The van der Waals surface area contributed by atoms with Crippen molar-refractivity contribution in [2.45, 2.75) is 57.5 Å². The van der Waals surface area contributed by atoms with Gasteiger partial charge in [0, 0.05) is 31.7 Å². The molecule has 1 saturated carbocycles. The minimum Gasteiger partial charge on any atom is -0.383 e. The van der Waals surface area contributed by atoms with Crippen molar-refractivity contribution in [3.63, 3.8) is 0 Å². The molecule has 0 aromatic carbocycles. The molecule has 1 aliphatic rings. The predicted octanol–water partition coefficient (Wildman–Crippen LogP) is 1.53. The Kier molecular flexibility index (Phi) is 5.40. The van der Waals surface area contributed by atoms with Gasteiger partial charge in [-0.25, -0.2) is 0 Å². The van der Waals surface area contributed by atoms with Gasteiger partial charge < -0.3 is 15.4 Å². The summed E-state index contributed by atoms with van der Waals surface area (Å²) in [4.78, 5) is 14.1. The van der Waals surface area contributed by atoms with Crippen molar-refractivity contribution in [2.24, 2.45) is 5.73 Å². The quantitative estimate of drug-likeness (QED) is 0.768.